The molecule has 0 unspecified atom stereocenters. The number of benzene rings is 3. The normalized spacial score (nSPS) is 11.2. The van der Waals surface area contributed by atoms with Crippen molar-refractivity contribution in [3.63, 3.8) is 0 Å². The zero-order chi connectivity index (χ0) is 17.6. The van der Waals surface area contributed by atoms with E-state index in [1.807, 2.05) is 30.3 Å². The molecule has 3 aromatic rings. The quantitative estimate of drug-likeness (QED) is 0.379. The number of fused-ring (bicyclic) bond motifs is 1. The van der Waals surface area contributed by atoms with Gasteiger partial charge in [0, 0.05) is 16.0 Å². The van der Waals surface area contributed by atoms with Crippen LogP contribution in [0.15, 0.2) is 54.6 Å². The van der Waals surface area contributed by atoms with E-state index in [2.05, 4.69) is 19.1 Å². The molecule has 0 saturated carbocycles. The summed E-state index contributed by atoms with van der Waals surface area (Å²) < 4.78 is 14.9. The maximum absolute atomic E-state index is 14.9. The summed E-state index contributed by atoms with van der Waals surface area (Å²) >= 11 is 5.93. The zero-order valence-corrected chi connectivity index (χ0v) is 15.5. The molecule has 0 saturated heterocycles. The van der Waals surface area contributed by atoms with Crippen molar-refractivity contribution in [1.82, 2.24) is 0 Å². The van der Waals surface area contributed by atoms with Crippen LogP contribution < -0.4 is 0 Å². The Kier molecular flexibility index (Phi) is 6.09. The summed E-state index contributed by atoms with van der Waals surface area (Å²) in [6.45, 7) is 2.23. The van der Waals surface area contributed by atoms with Gasteiger partial charge in [0.2, 0.25) is 0 Å². The highest BCUT2D eigenvalue weighted by molar-refractivity contribution is 6.30. The van der Waals surface area contributed by atoms with Crippen LogP contribution in [0.5, 0.6) is 0 Å². The molecule has 0 fully saturated rings. The topological polar surface area (TPSA) is 0 Å². The van der Waals surface area contributed by atoms with Crippen LogP contribution in [0.2, 0.25) is 5.02 Å². The standard InChI is InChI=1S/C23H24ClF/c1-2-3-4-5-6-7-17-8-14-22-19(16-17)11-15-21(23(22)25)18-9-12-20(24)13-10-18/h8-16H,2-7H2,1H3. The van der Waals surface area contributed by atoms with Crippen molar-refractivity contribution in [2.75, 3.05) is 0 Å². The Bertz CT molecular complexity index is 837. The Hall–Kier alpha value is -1.86. The Balaban J connectivity index is 1.80. The number of unbranched alkanes of at least 4 members (excludes halogenated alkanes) is 4. The molecule has 2 heteroatoms. The number of rotatable bonds is 7. The maximum atomic E-state index is 14.9. The summed E-state index contributed by atoms with van der Waals surface area (Å²) in [6.07, 6.45) is 7.44. The Morgan fingerprint density at radius 1 is 0.840 bits per heavy atom. The monoisotopic (exact) mass is 354 g/mol. The molecule has 0 spiro atoms. The predicted octanol–water partition coefficient (Wildman–Crippen LogP) is 7.81. The van der Waals surface area contributed by atoms with E-state index in [0.717, 1.165) is 17.4 Å². The van der Waals surface area contributed by atoms with E-state index in [1.54, 1.807) is 12.1 Å². The first kappa shape index (κ1) is 17.9. The van der Waals surface area contributed by atoms with Crippen LogP contribution in [0.3, 0.4) is 0 Å². The summed E-state index contributed by atoms with van der Waals surface area (Å²) in [6, 6.07) is 17.3. The van der Waals surface area contributed by atoms with Crippen molar-refractivity contribution in [2.45, 2.75) is 45.4 Å². The SMILES string of the molecule is CCCCCCCc1ccc2c(F)c(-c3ccc(Cl)cc3)ccc2c1. The fourth-order valence-corrected chi connectivity index (χ4v) is 3.41. The van der Waals surface area contributed by atoms with E-state index in [0.29, 0.717) is 16.0 Å². The fraction of sp³-hybridized carbons (Fsp3) is 0.304. The van der Waals surface area contributed by atoms with Gasteiger partial charge in [0.15, 0.2) is 0 Å². The zero-order valence-electron chi connectivity index (χ0n) is 14.7. The number of halogens is 2. The van der Waals surface area contributed by atoms with Gasteiger partial charge in [-0.25, -0.2) is 4.39 Å². The van der Waals surface area contributed by atoms with E-state index in [9.17, 15) is 4.39 Å². The first-order valence-corrected chi connectivity index (χ1v) is 9.54. The number of aryl methyl sites for hydroxylation is 1. The van der Waals surface area contributed by atoms with E-state index in [-0.39, 0.29) is 5.82 Å². The summed E-state index contributed by atoms with van der Waals surface area (Å²) in [5, 5.41) is 2.32. The van der Waals surface area contributed by atoms with Gasteiger partial charge in [0.1, 0.15) is 5.82 Å². The van der Waals surface area contributed by atoms with Crippen molar-refractivity contribution < 1.29 is 4.39 Å². The maximum Gasteiger partial charge on any atom is 0.138 e. The molecule has 25 heavy (non-hydrogen) atoms. The summed E-state index contributed by atoms with van der Waals surface area (Å²) in [5.74, 6) is -0.158. The Labute approximate surface area is 154 Å². The van der Waals surface area contributed by atoms with Gasteiger partial charge in [-0.2, -0.15) is 0 Å². The van der Waals surface area contributed by atoms with Crippen molar-refractivity contribution in [3.05, 3.63) is 71.0 Å². The Morgan fingerprint density at radius 2 is 1.60 bits per heavy atom. The third-order valence-electron chi connectivity index (χ3n) is 4.74. The molecule has 3 rings (SSSR count). The van der Waals surface area contributed by atoms with Crippen molar-refractivity contribution in [3.8, 4) is 11.1 Å². The molecule has 0 atom stereocenters. The minimum absolute atomic E-state index is 0.158. The van der Waals surface area contributed by atoms with Crippen LogP contribution in [-0.2, 0) is 6.42 Å². The molecule has 0 aliphatic carbocycles. The van der Waals surface area contributed by atoms with Crippen LogP contribution in [0, 0.1) is 5.82 Å². The number of hydrogen-bond donors (Lipinski definition) is 0. The van der Waals surface area contributed by atoms with E-state index >= 15 is 0 Å². The molecule has 0 radical (unpaired) electrons. The lowest BCUT2D eigenvalue weighted by Gasteiger charge is -2.09. The molecule has 0 nitrogen and oxygen atoms in total. The summed E-state index contributed by atoms with van der Waals surface area (Å²) in [7, 11) is 0. The molecular weight excluding hydrogens is 331 g/mol. The number of hydrogen-bond acceptors (Lipinski definition) is 0. The van der Waals surface area contributed by atoms with E-state index < -0.39 is 0 Å². The summed E-state index contributed by atoms with van der Waals surface area (Å²) in [5.41, 5.74) is 2.77. The van der Waals surface area contributed by atoms with Crippen molar-refractivity contribution in [1.29, 1.82) is 0 Å². The van der Waals surface area contributed by atoms with Gasteiger partial charge < -0.3 is 0 Å². The third-order valence-corrected chi connectivity index (χ3v) is 4.99. The van der Waals surface area contributed by atoms with Crippen molar-refractivity contribution in [2.24, 2.45) is 0 Å². The molecule has 0 heterocycles. The van der Waals surface area contributed by atoms with Crippen molar-refractivity contribution >= 4 is 22.4 Å². The van der Waals surface area contributed by atoms with Gasteiger partial charge in [-0.15, -0.1) is 0 Å². The highest BCUT2D eigenvalue weighted by Gasteiger charge is 2.10. The molecule has 0 aromatic heterocycles. The summed E-state index contributed by atoms with van der Waals surface area (Å²) in [4.78, 5) is 0. The first-order chi connectivity index (χ1) is 12.2. The minimum atomic E-state index is -0.158. The van der Waals surface area contributed by atoms with Crippen LogP contribution in [0.25, 0.3) is 21.9 Å². The second-order valence-electron chi connectivity index (χ2n) is 6.65. The second-order valence-corrected chi connectivity index (χ2v) is 7.09. The molecule has 0 aliphatic rings. The molecule has 0 N–H and O–H groups in total. The highest BCUT2D eigenvalue weighted by atomic mass is 35.5. The lowest BCUT2D eigenvalue weighted by Crippen LogP contribution is -1.90. The highest BCUT2D eigenvalue weighted by Crippen LogP contribution is 2.30. The average Bonchev–Trinajstić information content (AvgIpc) is 2.63. The van der Waals surface area contributed by atoms with Crippen LogP contribution >= 0.6 is 11.6 Å². The van der Waals surface area contributed by atoms with Gasteiger partial charge in [-0.3, -0.25) is 0 Å². The van der Waals surface area contributed by atoms with Gasteiger partial charge in [-0.1, -0.05) is 86.7 Å². The second kappa shape index (κ2) is 8.49. The van der Waals surface area contributed by atoms with E-state index in [1.165, 1.54) is 37.7 Å². The Morgan fingerprint density at radius 3 is 2.36 bits per heavy atom. The van der Waals surface area contributed by atoms with Crippen LogP contribution in [0.4, 0.5) is 4.39 Å². The molecule has 3 aromatic carbocycles. The molecule has 130 valence electrons. The van der Waals surface area contributed by atoms with E-state index in [4.69, 9.17) is 11.6 Å². The van der Waals surface area contributed by atoms with Gasteiger partial charge in [-0.05, 0) is 41.5 Å². The first-order valence-electron chi connectivity index (χ1n) is 9.16. The largest absolute Gasteiger partial charge is 0.206 e. The smallest absolute Gasteiger partial charge is 0.138 e. The molecule has 0 amide bonds. The van der Waals surface area contributed by atoms with Crippen LogP contribution in [0.1, 0.15) is 44.6 Å². The lowest BCUT2D eigenvalue weighted by atomic mass is 9.97. The average molecular weight is 355 g/mol. The predicted molar refractivity (Wildman–Crippen MR) is 107 cm³/mol. The van der Waals surface area contributed by atoms with Gasteiger partial charge >= 0.3 is 0 Å². The fourth-order valence-electron chi connectivity index (χ4n) is 3.28. The van der Waals surface area contributed by atoms with Gasteiger partial charge in [0.25, 0.3) is 0 Å². The molecule has 0 bridgehead atoms. The lowest BCUT2D eigenvalue weighted by molar-refractivity contribution is 0.632. The minimum Gasteiger partial charge on any atom is -0.206 e. The third kappa shape index (κ3) is 4.41. The van der Waals surface area contributed by atoms with Gasteiger partial charge in [0.05, 0.1) is 0 Å². The molecule has 0 aliphatic heterocycles. The molecular formula is C23H24ClF. The van der Waals surface area contributed by atoms with Crippen LogP contribution in [-0.4, -0.2) is 0 Å².